The van der Waals surface area contributed by atoms with Crippen LogP contribution < -0.4 is 10.8 Å². The topological polar surface area (TPSA) is 70.6 Å². The van der Waals surface area contributed by atoms with Gasteiger partial charge < -0.3 is 10.4 Å². The maximum atomic E-state index is 13.7. The highest BCUT2D eigenvalue weighted by Gasteiger charge is 2.17. The standard InChI is InChI=1S/C18H19F2IN2O3/c1-11-8-12(21)4-5-16(11)22-17-10-15(20)14(19)9-13(17)18(25)23-26-7-3-2-6-24/h4-5,8-10,22,24H,2-3,6-7H2,1H3,(H,23,25). The minimum atomic E-state index is -1.12. The molecule has 2 rings (SSSR count). The highest BCUT2D eigenvalue weighted by molar-refractivity contribution is 14.1. The van der Waals surface area contributed by atoms with Crippen LogP contribution in [0.3, 0.4) is 0 Å². The van der Waals surface area contributed by atoms with Crippen LogP contribution in [-0.2, 0) is 4.84 Å². The van der Waals surface area contributed by atoms with Crippen LogP contribution in [-0.4, -0.2) is 24.2 Å². The van der Waals surface area contributed by atoms with E-state index in [0.29, 0.717) is 18.5 Å². The zero-order valence-electron chi connectivity index (χ0n) is 14.1. The number of rotatable bonds is 8. The molecule has 1 amide bonds. The summed E-state index contributed by atoms with van der Waals surface area (Å²) >= 11 is 2.17. The van der Waals surface area contributed by atoms with Crippen LogP contribution in [0, 0.1) is 22.1 Å². The molecule has 0 aromatic heterocycles. The Morgan fingerprint density at radius 1 is 1.15 bits per heavy atom. The van der Waals surface area contributed by atoms with Crippen LogP contribution >= 0.6 is 22.6 Å². The smallest absolute Gasteiger partial charge is 0.277 e. The van der Waals surface area contributed by atoms with Gasteiger partial charge in [0.25, 0.3) is 5.91 Å². The van der Waals surface area contributed by atoms with Gasteiger partial charge in [0.1, 0.15) is 0 Å². The summed E-state index contributed by atoms with van der Waals surface area (Å²) in [7, 11) is 0. The lowest BCUT2D eigenvalue weighted by Gasteiger charge is -2.15. The molecule has 0 saturated heterocycles. The van der Waals surface area contributed by atoms with Crippen LogP contribution in [0.2, 0.25) is 0 Å². The fraction of sp³-hybridized carbons (Fsp3) is 0.278. The average molecular weight is 476 g/mol. The van der Waals surface area contributed by atoms with Crippen molar-refractivity contribution in [3.05, 3.63) is 56.7 Å². The number of hydroxylamine groups is 1. The molecule has 26 heavy (non-hydrogen) atoms. The van der Waals surface area contributed by atoms with E-state index in [9.17, 15) is 13.6 Å². The van der Waals surface area contributed by atoms with Gasteiger partial charge in [-0.25, -0.2) is 14.3 Å². The molecule has 0 aliphatic heterocycles. The molecule has 0 unspecified atom stereocenters. The van der Waals surface area contributed by atoms with E-state index in [1.807, 2.05) is 19.1 Å². The molecule has 0 fully saturated rings. The third kappa shape index (κ3) is 5.61. The molecule has 5 nitrogen and oxygen atoms in total. The highest BCUT2D eigenvalue weighted by Crippen LogP contribution is 2.27. The molecule has 0 radical (unpaired) electrons. The minimum absolute atomic E-state index is 0.0317. The number of halogens is 3. The number of carbonyl (C=O) groups is 1. The van der Waals surface area contributed by atoms with Crippen LogP contribution in [0.5, 0.6) is 0 Å². The van der Waals surface area contributed by atoms with Gasteiger partial charge in [0, 0.05) is 21.9 Å². The number of amides is 1. The molecule has 0 saturated carbocycles. The van der Waals surface area contributed by atoms with Crippen LogP contribution in [0.25, 0.3) is 0 Å². The Morgan fingerprint density at radius 2 is 1.88 bits per heavy atom. The van der Waals surface area contributed by atoms with E-state index < -0.39 is 17.5 Å². The van der Waals surface area contributed by atoms with Crippen molar-refractivity contribution in [3.63, 3.8) is 0 Å². The van der Waals surface area contributed by atoms with Crippen molar-refractivity contribution >= 4 is 39.9 Å². The van der Waals surface area contributed by atoms with Crippen LogP contribution in [0.4, 0.5) is 20.2 Å². The monoisotopic (exact) mass is 476 g/mol. The number of anilines is 2. The molecular formula is C18H19F2IN2O3. The van der Waals surface area contributed by atoms with Crippen LogP contribution in [0.1, 0.15) is 28.8 Å². The lowest BCUT2D eigenvalue weighted by atomic mass is 10.1. The first-order chi connectivity index (χ1) is 12.4. The summed E-state index contributed by atoms with van der Waals surface area (Å²) in [5.41, 5.74) is 3.83. The molecule has 140 valence electrons. The maximum Gasteiger partial charge on any atom is 0.277 e. The number of benzene rings is 2. The first kappa shape index (κ1) is 20.5. The van der Waals surface area contributed by atoms with Crippen molar-refractivity contribution in [2.24, 2.45) is 0 Å². The second-order valence-corrected chi connectivity index (χ2v) is 6.85. The predicted molar refractivity (Wildman–Crippen MR) is 103 cm³/mol. The summed E-state index contributed by atoms with van der Waals surface area (Å²) in [5, 5.41) is 11.7. The van der Waals surface area contributed by atoms with E-state index in [-0.39, 0.29) is 24.5 Å². The first-order valence-corrected chi connectivity index (χ1v) is 9.05. The lowest BCUT2D eigenvalue weighted by molar-refractivity contribution is 0.0289. The molecule has 3 N–H and O–H groups in total. The van der Waals surface area contributed by atoms with Crippen molar-refractivity contribution in [3.8, 4) is 0 Å². The number of aryl methyl sites for hydroxylation is 1. The van der Waals surface area contributed by atoms with Gasteiger partial charge in [-0.05, 0) is 72.2 Å². The lowest BCUT2D eigenvalue weighted by Crippen LogP contribution is -2.25. The SMILES string of the molecule is Cc1cc(I)ccc1Nc1cc(F)c(F)cc1C(=O)NOCCCCO. The van der Waals surface area contributed by atoms with E-state index >= 15 is 0 Å². The van der Waals surface area contributed by atoms with E-state index in [0.717, 1.165) is 21.3 Å². The van der Waals surface area contributed by atoms with Crippen molar-refractivity contribution in [2.75, 3.05) is 18.5 Å². The number of aliphatic hydroxyl groups excluding tert-OH is 1. The van der Waals surface area contributed by atoms with Gasteiger partial charge >= 0.3 is 0 Å². The van der Waals surface area contributed by atoms with Gasteiger partial charge in [-0.2, -0.15) is 0 Å². The molecule has 0 aliphatic carbocycles. The number of unbranched alkanes of at least 4 members (excludes halogenated alkanes) is 1. The predicted octanol–water partition coefficient (Wildman–Crippen LogP) is 4.06. The Hall–Kier alpha value is -1.78. The fourth-order valence-corrected chi connectivity index (χ4v) is 2.86. The molecule has 2 aromatic rings. The molecule has 0 aliphatic rings. The van der Waals surface area contributed by atoms with E-state index in [4.69, 9.17) is 9.94 Å². The number of carbonyl (C=O) groups excluding carboxylic acids is 1. The Kier molecular flexibility index (Phi) is 7.73. The fourth-order valence-electron chi connectivity index (χ4n) is 2.21. The number of hydrogen-bond donors (Lipinski definition) is 3. The Morgan fingerprint density at radius 3 is 2.58 bits per heavy atom. The molecular weight excluding hydrogens is 457 g/mol. The molecule has 2 aromatic carbocycles. The summed E-state index contributed by atoms with van der Waals surface area (Å²) < 4.78 is 28.3. The van der Waals surface area contributed by atoms with E-state index in [2.05, 4.69) is 33.4 Å². The average Bonchev–Trinajstić information content (AvgIpc) is 2.60. The second kappa shape index (κ2) is 9.79. The Labute approximate surface area is 163 Å². The van der Waals surface area contributed by atoms with Gasteiger partial charge in [-0.15, -0.1) is 0 Å². The summed E-state index contributed by atoms with van der Waals surface area (Å²) in [5.74, 6) is -2.88. The highest BCUT2D eigenvalue weighted by atomic mass is 127. The van der Waals surface area contributed by atoms with E-state index in [1.165, 1.54) is 0 Å². The second-order valence-electron chi connectivity index (χ2n) is 5.61. The molecule has 8 heteroatoms. The van der Waals surface area contributed by atoms with Gasteiger partial charge in [0.15, 0.2) is 11.6 Å². The van der Waals surface area contributed by atoms with Crippen LogP contribution in [0.15, 0.2) is 30.3 Å². The summed E-state index contributed by atoms with van der Waals surface area (Å²) in [6.45, 7) is 2.10. The molecule has 0 bridgehead atoms. The largest absolute Gasteiger partial charge is 0.396 e. The van der Waals surface area contributed by atoms with Crippen molar-refractivity contribution in [1.29, 1.82) is 0 Å². The third-order valence-electron chi connectivity index (χ3n) is 3.58. The number of aliphatic hydroxyl groups is 1. The van der Waals surface area contributed by atoms with Gasteiger partial charge in [0.05, 0.1) is 17.9 Å². The van der Waals surface area contributed by atoms with Gasteiger partial charge in [-0.3, -0.25) is 9.63 Å². The summed E-state index contributed by atoms with van der Waals surface area (Å²) in [6, 6.07) is 7.34. The summed E-state index contributed by atoms with van der Waals surface area (Å²) in [6.07, 6.45) is 1.10. The first-order valence-electron chi connectivity index (χ1n) is 7.97. The molecule has 0 heterocycles. The van der Waals surface area contributed by atoms with E-state index in [1.54, 1.807) is 6.07 Å². The molecule has 0 spiro atoms. The summed E-state index contributed by atoms with van der Waals surface area (Å²) in [4.78, 5) is 17.3. The Balaban J connectivity index is 2.20. The Bertz CT molecular complexity index is 787. The van der Waals surface area contributed by atoms with Gasteiger partial charge in [-0.1, -0.05) is 0 Å². The quantitative estimate of drug-likeness (QED) is 0.306. The normalized spacial score (nSPS) is 10.7. The number of hydrogen-bond acceptors (Lipinski definition) is 4. The van der Waals surface area contributed by atoms with Crippen molar-refractivity contribution < 1.29 is 23.5 Å². The number of nitrogens with one attached hydrogen (secondary N) is 2. The van der Waals surface area contributed by atoms with Crippen molar-refractivity contribution in [1.82, 2.24) is 5.48 Å². The van der Waals surface area contributed by atoms with Gasteiger partial charge in [0.2, 0.25) is 0 Å². The zero-order valence-corrected chi connectivity index (χ0v) is 16.3. The minimum Gasteiger partial charge on any atom is -0.396 e. The van der Waals surface area contributed by atoms with Crippen molar-refractivity contribution in [2.45, 2.75) is 19.8 Å². The maximum absolute atomic E-state index is 13.7. The zero-order chi connectivity index (χ0) is 19.1. The molecule has 0 atom stereocenters. The third-order valence-corrected chi connectivity index (χ3v) is 4.25.